The number of amides is 2. The first kappa shape index (κ1) is 21.2. The fraction of sp³-hybridized carbons (Fsp3) is 0.440. The van der Waals surface area contributed by atoms with E-state index in [0.717, 1.165) is 24.0 Å². The molecule has 2 aromatic rings. The highest BCUT2D eigenvalue weighted by Gasteiger charge is 2.62. The summed E-state index contributed by atoms with van der Waals surface area (Å²) >= 11 is 0. The Bertz CT molecular complexity index is 910. The summed E-state index contributed by atoms with van der Waals surface area (Å²) in [5.41, 5.74) is 1.44. The number of nitrogens with zero attached hydrogens (tertiary/aromatic N) is 2. The van der Waals surface area contributed by atoms with Gasteiger partial charge in [0.2, 0.25) is 0 Å². The fourth-order valence-corrected chi connectivity index (χ4v) is 4.38. The van der Waals surface area contributed by atoms with Gasteiger partial charge in [-0.25, -0.2) is 9.59 Å². The van der Waals surface area contributed by atoms with Crippen LogP contribution in [0.4, 0.5) is 9.59 Å². The number of carbonyl (C=O) groups excluding carboxylic acids is 2. The zero-order chi connectivity index (χ0) is 22.0. The van der Waals surface area contributed by atoms with E-state index < -0.39 is 5.60 Å². The molecule has 2 amide bonds. The van der Waals surface area contributed by atoms with Gasteiger partial charge >= 0.3 is 12.2 Å². The second kappa shape index (κ2) is 8.61. The first-order valence-corrected chi connectivity index (χ1v) is 10.9. The van der Waals surface area contributed by atoms with Crippen molar-refractivity contribution in [2.24, 2.45) is 0 Å². The predicted octanol–water partition coefficient (Wildman–Crippen LogP) is 4.98. The molecule has 1 aliphatic heterocycles. The monoisotopic (exact) mass is 422 g/mol. The third kappa shape index (κ3) is 5.01. The van der Waals surface area contributed by atoms with Gasteiger partial charge in [-0.2, -0.15) is 0 Å². The summed E-state index contributed by atoms with van der Waals surface area (Å²) in [6, 6.07) is 19.6. The quantitative estimate of drug-likeness (QED) is 0.638. The molecular formula is C25H30N2O4. The molecule has 6 nitrogen and oxygen atoms in total. The van der Waals surface area contributed by atoms with Crippen LogP contribution >= 0.6 is 0 Å². The topological polar surface area (TPSA) is 58.9 Å². The molecule has 3 atom stereocenters. The van der Waals surface area contributed by atoms with Gasteiger partial charge < -0.3 is 9.47 Å². The van der Waals surface area contributed by atoms with Crippen LogP contribution < -0.4 is 0 Å². The van der Waals surface area contributed by atoms with Crippen molar-refractivity contribution in [2.45, 2.75) is 70.5 Å². The van der Waals surface area contributed by atoms with Gasteiger partial charge in [0.05, 0.1) is 18.1 Å². The lowest BCUT2D eigenvalue weighted by atomic mass is 10.1. The summed E-state index contributed by atoms with van der Waals surface area (Å²) < 4.78 is 11.2. The molecule has 0 bridgehead atoms. The molecule has 2 fully saturated rings. The van der Waals surface area contributed by atoms with Gasteiger partial charge in [-0.3, -0.25) is 9.80 Å². The van der Waals surface area contributed by atoms with Gasteiger partial charge in [-0.05, 0) is 44.7 Å². The third-order valence-electron chi connectivity index (χ3n) is 5.78. The van der Waals surface area contributed by atoms with Crippen molar-refractivity contribution in [3.8, 4) is 0 Å². The molecule has 164 valence electrons. The second-order valence-corrected chi connectivity index (χ2v) is 9.24. The highest BCUT2D eigenvalue weighted by molar-refractivity contribution is 5.74. The van der Waals surface area contributed by atoms with Gasteiger partial charge in [0.15, 0.2) is 0 Å². The number of benzene rings is 2. The summed E-state index contributed by atoms with van der Waals surface area (Å²) in [5, 5.41) is 0. The zero-order valence-electron chi connectivity index (χ0n) is 18.4. The Kier molecular flexibility index (Phi) is 5.90. The minimum atomic E-state index is -0.540. The van der Waals surface area contributed by atoms with Crippen molar-refractivity contribution in [3.05, 3.63) is 71.8 Å². The SMILES string of the molecule is CC(C)(C)OC(=O)N1C2CCC(N(Cc3ccccc3)C(=O)OCc3ccccc3)C21. The van der Waals surface area contributed by atoms with Crippen molar-refractivity contribution in [2.75, 3.05) is 0 Å². The summed E-state index contributed by atoms with van der Waals surface area (Å²) in [7, 11) is 0. The molecule has 0 aromatic heterocycles. The number of carbonyl (C=O) groups is 2. The van der Waals surface area contributed by atoms with Crippen molar-refractivity contribution < 1.29 is 19.1 Å². The highest BCUT2D eigenvalue weighted by Crippen LogP contribution is 2.46. The van der Waals surface area contributed by atoms with Gasteiger partial charge in [-0.15, -0.1) is 0 Å². The maximum Gasteiger partial charge on any atom is 0.411 e. The van der Waals surface area contributed by atoms with Crippen LogP contribution in [-0.4, -0.2) is 45.7 Å². The second-order valence-electron chi connectivity index (χ2n) is 9.24. The van der Waals surface area contributed by atoms with Gasteiger partial charge in [0.1, 0.15) is 12.2 Å². The molecule has 4 rings (SSSR count). The molecule has 0 N–H and O–H groups in total. The van der Waals surface area contributed by atoms with Crippen LogP contribution in [0.2, 0.25) is 0 Å². The van der Waals surface area contributed by atoms with E-state index in [0.29, 0.717) is 6.54 Å². The number of rotatable bonds is 5. The minimum absolute atomic E-state index is 0.0113. The minimum Gasteiger partial charge on any atom is -0.445 e. The Labute approximate surface area is 183 Å². The number of likely N-dealkylation sites (tertiary alicyclic amines) is 1. The van der Waals surface area contributed by atoms with Gasteiger partial charge in [0.25, 0.3) is 0 Å². The van der Waals surface area contributed by atoms with Crippen molar-refractivity contribution in [3.63, 3.8) is 0 Å². The Balaban J connectivity index is 1.48. The van der Waals surface area contributed by atoms with E-state index in [-0.39, 0.29) is 36.9 Å². The van der Waals surface area contributed by atoms with Crippen LogP contribution in [0, 0.1) is 0 Å². The lowest BCUT2D eigenvalue weighted by Crippen LogP contribution is -2.44. The molecule has 3 unspecified atom stereocenters. The molecule has 1 heterocycles. The molecule has 2 aromatic carbocycles. The molecule has 6 heteroatoms. The maximum atomic E-state index is 13.1. The largest absolute Gasteiger partial charge is 0.445 e. The molecule has 1 saturated carbocycles. The van der Waals surface area contributed by atoms with Crippen LogP contribution in [0.1, 0.15) is 44.7 Å². The standard InChI is InChI=1S/C25H30N2O4/c1-25(2,3)31-24(29)27-21-15-14-20(22(21)27)26(16-18-10-6-4-7-11-18)23(28)30-17-19-12-8-5-9-13-19/h4-13,20-22H,14-17H2,1-3H3. The number of hydrogen-bond acceptors (Lipinski definition) is 4. The Morgan fingerprint density at radius 2 is 1.58 bits per heavy atom. The van der Waals surface area contributed by atoms with Crippen LogP contribution in [-0.2, 0) is 22.6 Å². The Morgan fingerprint density at radius 3 is 2.19 bits per heavy atom. The van der Waals surface area contributed by atoms with E-state index in [2.05, 4.69) is 0 Å². The molecular weight excluding hydrogens is 392 g/mol. The molecule has 31 heavy (non-hydrogen) atoms. The van der Waals surface area contributed by atoms with Crippen molar-refractivity contribution in [1.29, 1.82) is 0 Å². The summed E-state index contributed by atoms with van der Waals surface area (Å²) in [4.78, 5) is 29.3. The lowest BCUT2D eigenvalue weighted by Gasteiger charge is -2.30. The number of fused-ring (bicyclic) bond motifs is 1. The van der Waals surface area contributed by atoms with Crippen LogP contribution in [0.25, 0.3) is 0 Å². The molecule has 2 aliphatic rings. The van der Waals surface area contributed by atoms with Crippen molar-refractivity contribution >= 4 is 12.2 Å². The molecule has 1 saturated heterocycles. The average molecular weight is 423 g/mol. The number of hydrogen-bond donors (Lipinski definition) is 0. The van der Waals surface area contributed by atoms with Gasteiger partial charge in [0, 0.05) is 6.54 Å². The number of piperidine rings is 1. The number of ether oxygens (including phenoxy) is 2. The van der Waals surface area contributed by atoms with E-state index in [9.17, 15) is 9.59 Å². The lowest BCUT2D eigenvalue weighted by molar-refractivity contribution is 0.0329. The van der Waals surface area contributed by atoms with Crippen LogP contribution in [0.5, 0.6) is 0 Å². The zero-order valence-corrected chi connectivity index (χ0v) is 18.4. The normalized spacial score (nSPS) is 21.9. The van der Waals surface area contributed by atoms with E-state index in [1.807, 2.05) is 81.4 Å². The fourth-order valence-electron chi connectivity index (χ4n) is 4.38. The van der Waals surface area contributed by atoms with E-state index in [1.165, 1.54) is 0 Å². The van der Waals surface area contributed by atoms with Crippen LogP contribution in [0.3, 0.4) is 0 Å². The smallest absolute Gasteiger partial charge is 0.411 e. The average Bonchev–Trinajstić information content (AvgIpc) is 3.31. The Hall–Kier alpha value is -3.02. The summed E-state index contributed by atoms with van der Waals surface area (Å²) in [6.45, 7) is 6.27. The van der Waals surface area contributed by atoms with Crippen molar-refractivity contribution in [1.82, 2.24) is 9.80 Å². The van der Waals surface area contributed by atoms with Crippen LogP contribution in [0.15, 0.2) is 60.7 Å². The first-order valence-electron chi connectivity index (χ1n) is 10.9. The van der Waals surface area contributed by atoms with E-state index in [1.54, 1.807) is 9.80 Å². The van der Waals surface area contributed by atoms with E-state index >= 15 is 0 Å². The molecule has 0 spiro atoms. The first-order chi connectivity index (χ1) is 14.8. The van der Waals surface area contributed by atoms with E-state index in [4.69, 9.17) is 9.47 Å². The summed E-state index contributed by atoms with van der Waals surface area (Å²) in [6.07, 6.45) is 1.06. The van der Waals surface area contributed by atoms with Gasteiger partial charge in [-0.1, -0.05) is 60.7 Å². The maximum absolute atomic E-state index is 13.1. The highest BCUT2D eigenvalue weighted by atomic mass is 16.6. The molecule has 1 aliphatic carbocycles. The summed E-state index contributed by atoms with van der Waals surface area (Å²) in [5.74, 6) is 0. The molecule has 0 radical (unpaired) electrons. The Morgan fingerprint density at radius 1 is 0.968 bits per heavy atom. The third-order valence-corrected chi connectivity index (χ3v) is 5.78. The predicted molar refractivity (Wildman–Crippen MR) is 117 cm³/mol.